The Morgan fingerprint density at radius 2 is 1.57 bits per heavy atom. The molecule has 4 heteroatoms. The predicted molar refractivity (Wildman–Crippen MR) is 113 cm³/mol. The molecular formula is C24H32FNO2. The molecule has 28 heavy (non-hydrogen) atoms. The number of benzene rings is 2. The number of halogens is 1. The summed E-state index contributed by atoms with van der Waals surface area (Å²) in [6.45, 7) is 6.40. The number of hydrogen-bond donors (Lipinski definition) is 1. The molecule has 0 radical (unpaired) electrons. The minimum Gasteiger partial charge on any atom is -0.460 e. The van der Waals surface area contributed by atoms with E-state index in [9.17, 15) is 9.18 Å². The molecule has 0 aliphatic carbocycles. The molecule has 0 aromatic heterocycles. The van der Waals surface area contributed by atoms with Crippen LogP contribution < -0.4 is 5.32 Å². The van der Waals surface area contributed by atoms with E-state index in [1.807, 2.05) is 30.3 Å². The summed E-state index contributed by atoms with van der Waals surface area (Å²) < 4.78 is 19.2. The van der Waals surface area contributed by atoms with Gasteiger partial charge in [-0.1, -0.05) is 63.9 Å². The largest absolute Gasteiger partial charge is 0.460 e. The Labute approximate surface area is 168 Å². The Morgan fingerprint density at radius 3 is 2.11 bits per heavy atom. The zero-order valence-electron chi connectivity index (χ0n) is 17.2. The van der Waals surface area contributed by atoms with Crippen molar-refractivity contribution in [3.05, 3.63) is 66.0 Å². The topological polar surface area (TPSA) is 38.3 Å². The Kier molecular flexibility index (Phi) is 8.99. The van der Waals surface area contributed by atoms with E-state index in [1.54, 1.807) is 12.1 Å². The van der Waals surface area contributed by atoms with Gasteiger partial charge in [-0.25, -0.2) is 9.18 Å². The highest BCUT2D eigenvalue weighted by Gasteiger charge is 2.28. The maximum Gasteiger partial charge on any atom is 0.333 e. The van der Waals surface area contributed by atoms with Crippen molar-refractivity contribution in [1.29, 1.82) is 0 Å². The Morgan fingerprint density at radius 1 is 0.964 bits per heavy atom. The molecule has 2 atom stereocenters. The normalized spacial score (nSPS) is 13.2. The number of hydrogen-bond acceptors (Lipinski definition) is 3. The second-order valence-electron chi connectivity index (χ2n) is 7.22. The van der Waals surface area contributed by atoms with Crippen molar-refractivity contribution in [2.24, 2.45) is 5.92 Å². The molecule has 2 rings (SSSR count). The van der Waals surface area contributed by atoms with Crippen molar-refractivity contribution in [2.45, 2.75) is 65.0 Å². The van der Waals surface area contributed by atoms with Crippen molar-refractivity contribution in [3.8, 4) is 0 Å². The minimum absolute atomic E-state index is 0.0892. The third-order valence-electron chi connectivity index (χ3n) is 5.04. The van der Waals surface area contributed by atoms with Gasteiger partial charge >= 0.3 is 5.97 Å². The maximum atomic E-state index is 13.2. The lowest BCUT2D eigenvalue weighted by Crippen LogP contribution is -2.31. The smallest absolute Gasteiger partial charge is 0.333 e. The fourth-order valence-electron chi connectivity index (χ4n) is 3.62. The van der Waals surface area contributed by atoms with Crippen LogP contribution in [0.15, 0.2) is 54.6 Å². The van der Waals surface area contributed by atoms with E-state index in [2.05, 4.69) is 26.1 Å². The number of carbonyl (C=O) groups excluding carboxylic acids is 1. The number of rotatable bonds is 11. The lowest BCUT2D eigenvalue weighted by Gasteiger charge is -2.28. The number of esters is 1. The van der Waals surface area contributed by atoms with Crippen LogP contribution >= 0.6 is 0 Å². The summed E-state index contributed by atoms with van der Waals surface area (Å²) in [6, 6.07) is 14.9. The van der Waals surface area contributed by atoms with Gasteiger partial charge in [0.2, 0.25) is 0 Å². The highest BCUT2D eigenvalue weighted by atomic mass is 19.1. The van der Waals surface area contributed by atoms with E-state index < -0.39 is 6.04 Å². The molecule has 1 N–H and O–H groups in total. The Hall–Kier alpha value is -2.36. The van der Waals surface area contributed by atoms with Gasteiger partial charge < -0.3 is 10.1 Å². The molecule has 0 bridgehead atoms. The molecule has 0 fully saturated rings. The summed E-state index contributed by atoms with van der Waals surface area (Å²) in [5, 5.41) is 3.21. The maximum absolute atomic E-state index is 13.2. The number of ether oxygens (including phenoxy) is 1. The van der Waals surface area contributed by atoms with Gasteiger partial charge in [0, 0.05) is 5.69 Å². The van der Waals surface area contributed by atoms with Crippen LogP contribution in [0.3, 0.4) is 0 Å². The highest BCUT2D eigenvalue weighted by Crippen LogP contribution is 2.27. The van der Waals surface area contributed by atoms with E-state index in [0.717, 1.165) is 37.7 Å². The van der Waals surface area contributed by atoms with Crippen LogP contribution in [0.2, 0.25) is 0 Å². The average molecular weight is 386 g/mol. The van der Waals surface area contributed by atoms with Gasteiger partial charge in [0.25, 0.3) is 0 Å². The van der Waals surface area contributed by atoms with Crippen LogP contribution in [-0.4, -0.2) is 12.1 Å². The highest BCUT2D eigenvalue weighted by molar-refractivity contribution is 5.81. The first-order valence-electron chi connectivity index (χ1n) is 10.4. The molecule has 3 nitrogen and oxygen atoms in total. The first kappa shape index (κ1) is 21.9. The molecule has 152 valence electrons. The molecule has 2 aromatic rings. The molecule has 0 unspecified atom stereocenters. The minimum atomic E-state index is -0.635. The number of nitrogens with one attached hydrogen (secondary N) is 1. The molecular weight excluding hydrogens is 353 g/mol. The van der Waals surface area contributed by atoms with Crippen molar-refractivity contribution in [3.63, 3.8) is 0 Å². The second kappa shape index (κ2) is 11.5. The van der Waals surface area contributed by atoms with Gasteiger partial charge in [-0.05, 0) is 55.0 Å². The van der Waals surface area contributed by atoms with E-state index >= 15 is 0 Å². The van der Waals surface area contributed by atoms with Crippen molar-refractivity contribution < 1.29 is 13.9 Å². The SMILES string of the molecule is CCCC(CCC)[C@H](CC)OC(=O)[C@H](Nc1ccc(F)cc1)c1ccccc1. The summed E-state index contributed by atoms with van der Waals surface area (Å²) >= 11 is 0. The lowest BCUT2D eigenvalue weighted by molar-refractivity contribution is -0.153. The van der Waals surface area contributed by atoms with Gasteiger partial charge in [0.1, 0.15) is 11.9 Å². The molecule has 0 saturated carbocycles. The summed E-state index contributed by atoms with van der Waals surface area (Å²) in [5.41, 5.74) is 1.51. The van der Waals surface area contributed by atoms with Gasteiger partial charge in [-0.3, -0.25) is 0 Å². The molecule has 0 amide bonds. The molecule has 0 saturated heterocycles. The van der Waals surface area contributed by atoms with Crippen LogP contribution in [0.1, 0.15) is 64.5 Å². The molecule has 0 spiro atoms. The fraction of sp³-hybridized carbons (Fsp3) is 0.458. The molecule has 2 aromatic carbocycles. The molecule has 0 aliphatic heterocycles. The summed E-state index contributed by atoms with van der Waals surface area (Å²) in [5.74, 6) is -0.219. The number of anilines is 1. The van der Waals surface area contributed by atoms with Gasteiger partial charge in [-0.15, -0.1) is 0 Å². The summed E-state index contributed by atoms with van der Waals surface area (Å²) in [6.07, 6.45) is 4.98. The first-order valence-corrected chi connectivity index (χ1v) is 10.4. The van der Waals surface area contributed by atoms with Crippen molar-refractivity contribution >= 4 is 11.7 Å². The summed E-state index contributed by atoms with van der Waals surface area (Å²) in [4.78, 5) is 13.1. The van der Waals surface area contributed by atoms with E-state index in [0.29, 0.717) is 11.6 Å². The second-order valence-corrected chi connectivity index (χ2v) is 7.22. The third kappa shape index (κ3) is 6.36. The quantitative estimate of drug-likeness (QED) is 0.448. The predicted octanol–water partition coefficient (Wildman–Crippen LogP) is 6.52. The van der Waals surface area contributed by atoms with Crippen LogP contribution in [0.25, 0.3) is 0 Å². The Balaban J connectivity index is 2.21. The van der Waals surface area contributed by atoms with Crippen molar-refractivity contribution in [1.82, 2.24) is 0 Å². The fourth-order valence-corrected chi connectivity index (χ4v) is 3.62. The standard InChI is InChI=1S/C24H32FNO2/c1-4-10-18(11-5-2)22(6-3)28-24(27)23(19-12-8-7-9-13-19)26-21-16-14-20(25)15-17-21/h7-9,12-18,22-23,26H,4-6,10-11H2,1-3H3/t22-,23+/m0/s1. The third-order valence-corrected chi connectivity index (χ3v) is 5.04. The molecule has 0 aliphatic rings. The lowest BCUT2D eigenvalue weighted by atomic mass is 9.91. The van der Waals surface area contributed by atoms with E-state index in [4.69, 9.17) is 4.74 Å². The first-order chi connectivity index (χ1) is 13.6. The van der Waals surface area contributed by atoms with E-state index in [1.165, 1.54) is 12.1 Å². The molecule has 0 heterocycles. The average Bonchev–Trinajstić information content (AvgIpc) is 2.72. The summed E-state index contributed by atoms with van der Waals surface area (Å²) in [7, 11) is 0. The van der Waals surface area contributed by atoms with Gasteiger partial charge in [0.15, 0.2) is 6.04 Å². The van der Waals surface area contributed by atoms with E-state index in [-0.39, 0.29) is 17.9 Å². The zero-order valence-corrected chi connectivity index (χ0v) is 17.2. The van der Waals surface area contributed by atoms with Crippen molar-refractivity contribution in [2.75, 3.05) is 5.32 Å². The zero-order chi connectivity index (χ0) is 20.4. The van der Waals surface area contributed by atoms with Crippen LogP contribution in [-0.2, 0) is 9.53 Å². The monoisotopic (exact) mass is 385 g/mol. The number of carbonyl (C=O) groups is 1. The van der Waals surface area contributed by atoms with Gasteiger partial charge in [0.05, 0.1) is 0 Å². The van der Waals surface area contributed by atoms with Crippen LogP contribution in [0.5, 0.6) is 0 Å². The van der Waals surface area contributed by atoms with Crippen LogP contribution in [0.4, 0.5) is 10.1 Å². The Bertz CT molecular complexity index is 696. The van der Waals surface area contributed by atoms with Gasteiger partial charge in [-0.2, -0.15) is 0 Å². The van der Waals surface area contributed by atoms with Crippen LogP contribution in [0, 0.1) is 11.7 Å².